The number of carbonyl (C=O) groups excluding carboxylic acids is 2. The molecule has 1 heterocycles. The van der Waals surface area contributed by atoms with E-state index in [0.29, 0.717) is 11.3 Å². The Morgan fingerprint density at radius 1 is 0.972 bits per heavy atom. The Bertz CT molecular complexity index is 1130. The van der Waals surface area contributed by atoms with Crippen LogP contribution >= 0.6 is 0 Å². The summed E-state index contributed by atoms with van der Waals surface area (Å²) in [6, 6.07) is 12.6. The summed E-state index contributed by atoms with van der Waals surface area (Å²) in [5.74, 6) is -0.437. The molecule has 192 valence electrons. The number of halogens is 4. The number of benzene rings is 2. The van der Waals surface area contributed by atoms with Crippen LogP contribution in [-0.4, -0.2) is 48.5 Å². The van der Waals surface area contributed by atoms with Gasteiger partial charge in [0.15, 0.2) is 0 Å². The second-order valence-electron chi connectivity index (χ2n) is 7.84. The maximum atomic E-state index is 13.4. The van der Waals surface area contributed by atoms with E-state index in [2.05, 4.69) is 5.32 Å². The van der Waals surface area contributed by atoms with Crippen LogP contribution in [0.15, 0.2) is 71.3 Å². The van der Waals surface area contributed by atoms with E-state index in [1.807, 2.05) is 0 Å². The Kier molecular flexibility index (Phi) is 9.07. The molecule has 0 unspecified atom stereocenters. The molecule has 3 aromatic rings. The highest BCUT2D eigenvalue weighted by Gasteiger charge is 2.34. The van der Waals surface area contributed by atoms with E-state index in [1.54, 1.807) is 12.1 Å². The molecule has 0 aliphatic heterocycles. The molecule has 0 bridgehead atoms. The molecule has 11 heteroatoms. The van der Waals surface area contributed by atoms with Gasteiger partial charge in [0.1, 0.15) is 18.1 Å². The monoisotopic (exact) mass is 507 g/mol. The number of nitrogens with zero attached hydrogens (tertiary/aromatic N) is 2. The van der Waals surface area contributed by atoms with Crippen LogP contribution in [0.2, 0.25) is 0 Å². The van der Waals surface area contributed by atoms with Crippen LogP contribution in [0, 0.1) is 5.82 Å². The molecule has 0 spiro atoms. The summed E-state index contributed by atoms with van der Waals surface area (Å²) in [5.41, 5.74) is -0.793. The zero-order valence-corrected chi connectivity index (χ0v) is 19.4. The van der Waals surface area contributed by atoms with E-state index < -0.39 is 41.7 Å². The normalized spacial score (nSPS) is 11.2. The second kappa shape index (κ2) is 12.2. The van der Waals surface area contributed by atoms with Gasteiger partial charge in [-0.1, -0.05) is 24.3 Å². The van der Waals surface area contributed by atoms with E-state index in [1.165, 1.54) is 54.7 Å². The number of urea groups is 1. The topological polar surface area (TPSA) is 75.0 Å². The minimum atomic E-state index is -4.67. The van der Waals surface area contributed by atoms with Gasteiger partial charge in [-0.3, -0.25) is 4.79 Å². The van der Waals surface area contributed by atoms with Gasteiger partial charge in [0.05, 0.1) is 30.7 Å². The van der Waals surface area contributed by atoms with E-state index in [9.17, 15) is 27.2 Å². The van der Waals surface area contributed by atoms with E-state index in [4.69, 9.17) is 9.15 Å². The lowest BCUT2D eigenvalue weighted by Crippen LogP contribution is -2.45. The summed E-state index contributed by atoms with van der Waals surface area (Å²) >= 11 is 0. The van der Waals surface area contributed by atoms with Crippen LogP contribution in [0.1, 0.15) is 16.9 Å². The molecular formula is C25H25F4N3O4. The molecule has 1 N–H and O–H groups in total. The molecule has 3 rings (SSSR count). The molecule has 0 fully saturated rings. The van der Waals surface area contributed by atoms with Crippen molar-refractivity contribution in [3.8, 4) is 0 Å². The number of alkyl halides is 3. The Labute approximate surface area is 205 Å². The maximum absolute atomic E-state index is 13.4. The Morgan fingerprint density at radius 2 is 1.69 bits per heavy atom. The summed E-state index contributed by atoms with van der Waals surface area (Å²) in [7, 11) is 1.40. The summed E-state index contributed by atoms with van der Waals surface area (Å²) < 4.78 is 63.7. The third-order valence-electron chi connectivity index (χ3n) is 5.22. The number of carbonyl (C=O) groups is 2. The molecule has 0 saturated heterocycles. The zero-order valence-electron chi connectivity index (χ0n) is 19.4. The van der Waals surface area contributed by atoms with Crippen LogP contribution in [-0.2, 0) is 28.8 Å². The number of hydrogen-bond donors (Lipinski definition) is 1. The number of anilines is 1. The van der Waals surface area contributed by atoms with Gasteiger partial charge in [-0.05, 0) is 42.0 Å². The average molecular weight is 507 g/mol. The predicted octanol–water partition coefficient (Wildman–Crippen LogP) is 5.15. The molecule has 3 amide bonds. The smallest absolute Gasteiger partial charge is 0.418 e. The van der Waals surface area contributed by atoms with Gasteiger partial charge in [-0.15, -0.1) is 0 Å². The Morgan fingerprint density at radius 3 is 2.33 bits per heavy atom. The standard InChI is InChI=1S/C25H25F4N3O4/c1-35-14-12-31(24(34)30-22-7-3-2-6-21(22)25(27,28)29)17-23(33)32(16-20-5-4-13-36-20)15-18-8-10-19(26)11-9-18/h2-11,13H,12,14-17H2,1H3,(H,30,34). The fraction of sp³-hybridized carbons (Fsp3) is 0.280. The third-order valence-corrected chi connectivity index (χ3v) is 5.22. The lowest BCUT2D eigenvalue weighted by Gasteiger charge is -2.28. The highest BCUT2D eigenvalue weighted by molar-refractivity contribution is 5.93. The van der Waals surface area contributed by atoms with Crippen molar-refractivity contribution >= 4 is 17.6 Å². The lowest BCUT2D eigenvalue weighted by molar-refractivity contribution is -0.137. The van der Waals surface area contributed by atoms with Gasteiger partial charge in [0.2, 0.25) is 5.91 Å². The summed E-state index contributed by atoms with van der Waals surface area (Å²) in [6.45, 7) is -0.271. The van der Waals surface area contributed by atoms with Crippen molar-refractivity contribution in [3.05, 3.63) is 89.6 Å². The number of hydrogen-bond acceptors (Lipinski definition) is 4. The largest absolute Gasteiger partial charge is 0.467 e. The highest BCUT2D eigenvalue weighted by atomic mass is 19.4. The quantitative estimate of drug-likeness (QED) is 0.386. The summed E-state index contributed by atoms with van der Waals surface area (Å²) in [5, 5.41) is 2.25. The number of ether oxygens (including phenoxy) is 1. The first-order chi connectivity index (χ1) is 17.2. The molecule has 0 atom stereocenters. The van der Waals surface area contributed by atoms with Crippen molar-refractivity contribution in [1.29, 1.82) is 0 Å². The number of methoxy groups -OCH3 is 1. The fourth-order valence-electron chi connectivity index (χ4n) is 3.38. The first-order valence-corrected chi connectivity index (χ1v) is 10.9. The molecule has 7 nitrogen and oxygen atoms in total. The SMILES string of the molecule is COCCN(CC(=O)N(Cc1ccc(F)cc1)Cc1ccco1)C(=O)Nc1ccccc1C(F)(F)F. The molecule has 0 radical (unpaired) electrons. The number of nitrogens with one attached hydrogen (secondary N) is 1. The van der Waals surface area contributed by atoms with Crippen LogP contribution in [0.5, 0.6) is 0 Å². The zero-order chi connectivity index (χ0) is 26.1. The molecule has 1 aromatic heterocycles. The Hall–Kier alpha value is -3.86. The van der Waals surface area contributed by atoms with Crippen molar-refractivity contribution in [1.82, 2.24) is 9.80 Å². The van der Waals surface area contributed by atoms with Crippen LogP contribution in [0.4, 0.5) is 28.0 Å². The first kappa shape index (κ1) is 26.7. The molecule has 2 aromatic carbocycles. The van der Waals surface area contributed by atoms with Gasteiger partial charge in [-0.2, -0.15) is 13.2 Å². The molecule has 0 saturated carbocycles. The van der Waals surface area contributed by atoms with Crippen molar-refractivity contribution in [2.75, 3.05) is 32.1 Å². The lowest BCUT2D eigenvalue weighted by atomic mass is 10.1. The number of amides is 3. The van der Waals surface area contributed by atoms with Crippen LogP contribution < -0.4 is 5.32 Å². The van der Waals surface area contributed by atoms with E-state index in [-0.39, 0.29) is 26.2 Å². The van der Waals surface area contributed by atoms with Gasteiger partial charge < -0.3 is 24.3 Å². The number of para-hydroxylation sites is 1. The van der Waals surface area contributed by atoms with Crippen LogP contribution in [0.25, 0.3) is 0 Å². The Balaban J connectivity index is 1.79. The molecular weight excluding hydrogens is 482 g/mol. The first-order valence-electron chi connectivity index (χ1n) is 10.9. The summed E-state index contributed by atoms with van der Waals surface area (Å²) in [6.07, 6.45) is -3.22. The maximum Gasteiger partial charge on any atom is 0.418 e. The molecule has 0 aliphatic carbocycles. The van der Waals surface area contributed by atoms with Crippen molar-refractivity contribution in [2.24, 2.45) is 0 Å². The molecule has 36 heavy (non-hydrogen) atoms. The summed E-state index contributed by atoms with van der Waals surface area (Å²) in [4.78, 5) is 28.7. The highest BCUT2D eigenvalue weighted by Crippen LogP contribution is 2.34. The van der Waals surface area contributed by atoms with Gasteiger partial charge in [-0.25, -0.2) is 9.18 Å². The number of rotatable bonds is 10. The molecule has 0 aliphatic rings. The minimum Gasteiger partial charge on any atom is -0.467 e. The van der Waals surface area contributed by atoms with Crippen LogP contribution in [0.3, 0.4) is 0 Å². The van der Waals surface area contributed by atoms with Crippen molar-refractivity contribution in [2.45, 2.75) is 19.3 Å². The number of furan rings is 1. The minimum absolute atomic E-state index is 0.0482. The van der Waals surface area contributed by atoms with Gasteiger partial charge in [0, 0.05) is 20.2 Å². The van der Waals surface area contributed by atoms with E-state index >= 15 is 0 Å². The van der Waals surface area contributed by atoms with Gasteiger partial charge in [0.25, 0.3) is 0 Å². The van der Waals surface area contributed by atoms with E-state index in [0.717, 1.165) is 17.0 Å². The second-order valence-corrected chi connectivity index (χ2v) is 7.84. The van der Waals surface area contributed by atoms with Gasteiger partial charge >= 0.3 is 12.2 Å². The predicted molar refractivity (Wildman–Crippen MR) is 123 cm³/mol. The third kappa shape index (κ3) is 7.57. The fourth-order valence-corrected chi connectivity index (χ4v) is 3.38. The average Bonchev–Trinajstić information content (AvgIpc) is 3.35. The van der Waals surface area contributed by atoms with Crippen molar-refractivity contribution in [3.63, 3.8) is 0 Å². The van der Waals surface area contributed by atoms with Crippen molar-refractivity contribution < 1.29 is 36.3 Å².